The van der Waals surface area contributed by atoms with E-state index in [4.69, 9.17) is 21.3 Å². The summed E-state index contributed by atoms with van der Waals surface area (Å²) in [6.07, 6.45) is 7.51. The number of ether oxygens (including phenoxy) is 1. The van der Waals surface area contributed by atoms with Gasteiger partial charge in [-0.15, -0.1) is 0 Å². The number of nitrogens with one attached hydrogen (secondary N) is 1. The quantitative estimate of drug-likeness (QED) is 0.398. The Morgan fingerprint density at radius 2 is 2.00 bits per heavy atom. The van der Waals surface area contributed by atoms with E-state index in [2.05, 4.69) is 15.3 Å². The van der Waals surface area contributed by atoms with E-state index >= 15 is 0 Å². The van der Waals surface area contributed by atoms with Crippen LogP contribution >= 0.6 is 11.6 Å². The molecule has 0 bridgehead atoms. The molecular formula is C23H25ClN6O3S. The maximum absolute atomic E-state index is 12.7. The van der Waals surface area contributed by atoms with E-state index in [0.29, 0.717) is 40.4 Å². The molecule has 0 aliphatic carbocycles. The monoisotopic (exact) mass is 500 g/mol. The van der Waals surface area contributed by atoms with Crippen molar-refractivity contribution >= 4 is 44.0 Å². The van der Waals surface area contributed by atoms with E-state index in [0.717, 1.165) is 25.1 Å². The third kappa shape index (κ3) is 4.28. The molecule has 0 amide bonds. The molecule has 1 aliphatic heterocycles. The van der Waals surface area contributed by atoms with Crippen LogP contribution in [0.5, 0.6) is 0 Å². The highest BCUT2D eigenvalue weighted by Crippen LogP contribution is 2.35. The van der Waals surface area contributed by atoms with Crippen LogP contribution < -0.4 is 5.32 Å². The average molecular weight is 501 g/mol. The Bertz CT molecular complexity index is 1490. The predicted octanol–water partition coefficient (Wildman–Crippen LogP) is 4.64. The normalized spacial score (nSPS) is 16.8. The number of benzene rings is 1. The molecule has 1 atom stereocenters. The summed E-state index contributed by atoms with van der Waals surface area (Å²) in [5, 5.41) is 3.52. The molecule has 0 saturated carbocycles. The maximum Gasteiger partial charge on any atom is 0.177 e. The third-order valence-electron chi connectivity index (χ3n) is 5.89. The lowest BCUT2D eigenvalue weighted by atomic mass is 10.1. The van der Waals surface area contributed by atoms with Gasteiger partial charge in [0.25, 0.3) is 0 Å². The standard InChI is InChI=1S/C23H25ClN6O3S/c1-14-26-22-17(11-20(24)28-23(22)30(14)21-6-4-5-9-33-21)27-16-8-7-15(10-19(16)34(3,31)32)18-12-29(2)13-25-18/h7-8,10-13,21H,4-6,9H2,1-3H3,(H,27,28). The van der Waals surface area contributed by atoms with E-state index < -0.39 is 9.84 Å². The summed E-state index contributed by atoms with van der Waals surface area (Å²) in [5.41, 5.74) is 3.60. The molecule has 9 nitrogen and oxygen atoms in total. The zero-order chi connectivity index (χ0) is 24.0. The lowest BCUT2D eigenvalue weighted by Crippen LogP contribution is -2.19. The first-order valence-corrected chi connectivity index (χ1v) is 13.2. The molecule has 1 N–H and O–H groups in total. The number of imidazole rings is 2. The van der Waals surface area contributed by atoms with Crippen LogP contribution in [0.2, 0.25) is 5.15 Å². The van der Waals surface area contributed by atoms with Crippen LogP contribution in [-0.4, -0.2) is 45.4 Å². The second-order valence-electron chi connectivity index (χ2n) is 8.55. The molecule has 0 radical (unpaired) electrons. The van der Waals surface area contributed by atoms with Crippen LogP contribution in [0.4, 0.5) is 11.4 Å². The van der Waals surface area contributed by atoms with Gasteiger partial charge in [0.05, 0.1) is 28.3 Å². The molecule has 178 valence electrons. The van der Waals surface area contributed by atoms with Crippen molar-refractivity contribution in [2.75, 3.05) is 18.2 Å². The number of pyridine rings is 1. The zero-order valence-electron chi connectivity index (χ0n) is 19.1. The Morgan fingerprint density at radius 1 is 1.18 bits per heavy atom. The Hall–Kier alpha value is -2.95. The summed E-state index contributed by atoms with van der Waals surface area (Å²) in [6, 6.07) is 6.84. The fourth-order valence-electron chi connectivity index (χ4n) is 4.31. The van der Waals surface area contributed by atoms with Gasteiger partial charge in [-0.25, -0.2) is 23.4 Å². The number of hydrogen-bond acceptors (Lipinski definition) is 7. The second-order valence-corrected chi connectivity index (χ2v) is 10.9. The third-order valence-corrected chi connectivity index (χ3v) is 7.22. The molecule has 11 heteroatoms. The summed E-state index contributed by atoms with van der Waals surface area (Å²) in [4.78, 5) is 13.7. The second kappa shape index (κ2) is 8.68. The molecule has 1 aliphatic rings. The molecule has 34 heavy (non-hydrogen) atoms. The van der Waals surface area contributed by atoms with Crippen LogP contribution in [0, 0.1) is 6.92 Å². The SMILES string of the molecule is Cc1nc2c(Nc3ccc(-c4cn(C)cn4)cc3S(C)(=O)=O)cc(Cl)nc2n1C1CCCCO1. The summed E-state index contributed by atoms with van der Waals surface area (Å²) in [5.74, 6) is 0.758. The number of halogens is 1. The molecule has 1 fully saturated rings. The van der Waals surface area contributed by atoms with Crippen molar-refractivity contribution in [2.24, 2.45) is 7.05 Å². The van der Waals surface area contributed by atoms with E-state index in [1.54, 1.807) is 24.5 Å². The van der Waals surface area contributed by atoms with Crippen molar-refractivity contribution in [3.8, 4) is 11.3 Å². The average Bonchev–Trinajstić information content (AvgIpc) is 3.36. The molecule has 1 aromatic carbocycles. The van der Waals surface area contributed by atoms with Crippen LogP contribution in [0.3, 0.4) is 0 Å². The lowest BCUT2D eigenvalue weighted by Gasteiger charge is -2.25. The smallest absolute Gasteiger partial charge is 0.177 e. The van der Waals surface area contributed by atoms with Gasteiger partial charge in [-0.05, 0) is 38.3 Å². The molecule has 5 rings (SSSR count). The van der Waals surface area contributed by atoms with Crippen LogP contribution in [-0.2, 0) is 21.6 Å². The van der Waals surface area contributed by atoms with Crippen LogP contribution in [0.1, 0.15) is 31.3 Å². The summed E-state index contributed by atoms with van der Waals surface area (Å²) in [6.45, 7) is 2.59. The predicted molar refractivity (Wildman–Crippen MR) is 131 cm³/mol. The first-order valence-electron chi connectivity index (χ1n) is 11.0. The van der Waals surface area contributed by atoms with Crippen molar-refractivity contribution in [1.82, 2.24) is 24.1 Å². The highest BCUT2D eigenvalue weighted by molar-refractivity contribution is 7.90. The topological polar surface area (TPSA) is 104 Å². The molecule has 1 saturated heterocycles. The van der Waals surface area contributed by atoms with Gasteiger partial charge in [0.2, 0.25) is 0 Å². The van der Waals surface area contributed by atoms with E-state index in [9.17, 15) is 8.42 Å². The fourth-order valence-corrected chi connectivity index (χ4v) is 5.36. The van der Waals surface area contributed by atoms with Gasteiger partial charge >= 0.3 is 0 Å². The van der Waals surface area contributed by atoms with Gasteiger partial charge in [0.1, 0.15) is 22.7 Å². The highest BCUT2D eigenvalue weighted by Gasteiger charge is 2.24. The first-order chi connectivity index (χ1) is 16.2. The molecule has 4 aromatic rings. The highest BCUT2D eigenvalue weighted by atomic mass is 35.5. The minimum absolute atomic E-state index is 0.151. The minimum atomic E-state index is -3.55. The van der Waals surface area contributed by atoms with Gasteiger partial charge in [-0.1, -0.05) is 17.7 Å². The number of aryl methyl sites for hydroxylation is 2. The summed E-state index contributed by atoms with van der Waals surface area (Å²) < 4.78 is 35.1. The largest absolute Gasteiger partial charge is 0.358 e. The number of hydrogen-bond donors (Lipinski definition) is 1. The van der Waals surface area contributed by atoms with Crippen molar-refractivity contribution in [3.63, 3.8) is 0 Å². The van der Waals surface area contributed by atoms with Gasteiger partial charge < -0.3 is 14.6 Å². The maximum atomic E-state index is 12.7. The fraction of sp³-hybridized carbons (Fsp3) is 0.348. The number of anilines is 2. The molecule has 0 spiro atoms. The summed E-state index contributed by atoms with van der Waals surface area (Å²) >= 11 is 6.39. The van der Waals surface area contributed by atoms with E-state index in [1.807, 2.05) is 35.4 Å². The number of sulfone groups is 1. The van der Waals surface area contributed by atoms with E-state index in [1.165, 1.54) is 6.26 Å². The van der Waals surface area contributed by atoms with Crippen molar-refractivity contribution < 1.29 is 13.2 Å². The first kappa shape index (κ1) is 22.8. The Balaban J connectivity index is 1.60. The number of rotatable bonds is 5. The number of fused-ring (bicyclic) bond motifs is 1. The number of aromatic nitrogens is 5. The minimum Gasteiger partial charge on any atom is -0.358 e. The zero-order valence-corrected chi connectivity index (χ0v) is 20.7. The lowest BCUT2D eigenvalue weighted by molar-refractivity contribution is -0.0309. The van der Waals surface area contributed by atoms with Gasteiger partial charge in [0, 0.05) is 37.7 Å². The van der Waals surface area contributed by atoms with Gasteiger partial charge in [0.15, 0.2) is 15.5 Å². The van der Waals surface area contributed by atoms with Crippen molar-refractivity contribution in [2.45, 2.75) is 37.3 Å². The Labute approximate surface area is 202 Å². The van der Waals surface area contributed by atoms with Crippen molar-refractivity contribution in [3.05, 3.63) is 47.8 Å². The van der Waals surface area contributed by atoms with Crippen molar-refractivity contribution in [1.29, 1.82) is 0 Å². The Kier molecular flexibility index (Phi) is 5.83. The molecular weight excluding hydrogens is 476 g/mol. The Morgan fingerprint density at radius 3 is 2.68 bits per heavy atom. The summed E-state index contributed by atoms with van der Waals surface area (Å²) in [7, 11) is -1.69. The molecule has 3 aromatic heterocycles. The number of nitrogens with zero attached hydrogens (tertiary/aromatic N) is 5. The van der Waals surface area contributed by atoms with E-state index in [-0.39, 0.29) is 16.3 Å². The van der Waals surface area contributed by atoms with Crippen LogP contribution in [0.25, 0.3) is 22.4 Å². The van der Waals surface area contributed by atoms with Gasteiger partial charge in [-0.2, -0.15) is 0 Å². The van der Waals surface area contributed by atoms with Gasteiger partial charge in [-0.3, -0.25) is 4.57 Å². The van der Waals surface area contributed by atoms with Crippen LogP contribution in [0.15, 0.2) is 41.7 Å². The molecule has 4 heterocycles. The molecule has 1 unspecified atom stereocenters.